The number of nitrogens with one attached hydrogen (secondary N) is 4. The number of aryl methyl sites for hydroxylation is 1. The fourth-order valence-corrected chi connectivity index (χ4v) is 3.40. The summed E-state index contributed by atoms with van der Waals surface area (Å²) >= 11 is 0. The standard InChI is InChI=1S/C17H17N5O4/c1-7-11-12(9-6-8(25-2)4-5-10(9)26-3)13-14(18-15(11)22-21-7)19-17(24)20-16(13)23/h4-6,12H,1-3H3,(H4,18,19,20,21,22,23,24)/t12-/m0/s1. The predicted molar refractivity (Wildman–Crippen MR) is 94.8 cm³/mol. The van der Waals surface area contributed by atoms with Crippen LogP contribution >= 0.6 is 0 Å². The Morgan fingerprint density at radius 3 is 2.62 bits per heavy atom. The van der Waals surface area contributed by atoms with Crippen LogP contribution in [0.1, 0.15) is 28.3 Å². The van der Waals surface area contributed by atoms with Crippen molar-refractivity contribution in [1.29, 1.82) is 0 Å². The average Bonchev–Trinajstić information content (AvgIpc) is 2.99. The number of H-pyrrole nitrogens is 3. The van der Waals surface area contributed by atoms with Crippen molar-refractivity contribution < 1.29 is 9.47 Å². The predicted octanol–water partition coefficient (Wildman–Crippen LogP) is 1.35. The van der Waals surface area contributed by atoms with Crippen LogP contribution in [0.3, 0.4) is 0 Å². The van der Waals surface area contributed by atoms with Gasteiger partial charge < -0.3 is 14.8 Å². The van der Waals surface area contributed by atoms with E-state index in [2.05, 4.69) is 25.5 Å². The molecular formula is C17H17N5O4. The molecule has 1 aliphatic rings. The van der Waals surface area contributed by atoms with Gasteiger partial charge in [0.1, 0.15) is 17.3 Å². The molecule has 1 aromatic carbocycles. The molecule has 134 valence electrons. The van der Waals surface area contributed by atoms with Crippen LogP contribution in [0.2, 0.25) is 0 Å². The lowest BCUT2D eigenvalue weighted by molar-refractivity contribution is 0.398. The van der Waals surface area contributed by atoms with Gasteiger partial charge >= 0.3 is 5.69 Å². The molecule has 2 aromatic heterocycles. The van der Waals surface area contributed by atoms with Gasteiger partial charge in [0.05, 0.1) is 25.7 Å². The molecule has 3 aromatic rings. The molecule has 0 radical (unpaired) electrons. The van der Waals surface area contributed by atoms with Gasteiger partial charge in [-0.05, 0) is 25.1 Å². The maximum atomic E-state index is 12.6. The zero-order valence-electron chi connectivity index (χ0n) is 14.4. The van der Waals surface area contributed by atoms with Gasteiger partial charge in [0, 0.05) is 16.8 Å². The maximum Gasteiger partial charge on any atom is 0.327 e. The van der Waals surface area contributed by atoms with Gasteiger partial charge in [-0.25, -0.2) is 4.79 Å². The van der Waals surface area contributed by atoms with Crippen molar-refractivity contribution in [3.05, 3.63) is 61.4 Å². The second-order valence-electron chi connectivity index (χ2n) is 5.97. The molecule has 26 heavy (non-hydrogen) atoms. The zero-order chi connectivity index (χ0) is 18.4. The first kappa shape index (κ1) is 16.0. The highest BCUT2D eigenvalue weighted by Crippen LogP contribution is 2.46. The Balaban J connectivity index is 2.08. The maximum absolute atomic E-state index is 12.6. The van der Waals surface area contributed by atoms with E-state index in [1.807, 2.05) is 13.0 Å². The number of anilines is 2. The van der Waals surface area contributed by atoms with Crippen molar-refractivity contribution in [2.24, 2.45) is 0 Å². The van der Waals surface area contributed by atoms with Gasteiger partial charge in [0.15, 0.2) is 5.82 Å². The van der Waals surface area contributed by atoms with Crippen LogP contribution in [-0.4, -0.2) is 34.4 Å². The Kier molecular flexibility index (Phi) is 3.57. The van der Waals surface area contributed by atoms with E-state index in [9.17, 15) is 9.59 Å². The fourth-order valence-electron chi connectivity index (χ4n) is 3.40. The SMILES string of the molecule is COc1ccc(OC)c([C@H]2c3c(n[nH]c3C)Nc3[nH]c(=O)[nH]c(=O)c32)c1. The highest BCUT2D eigenvalue weighted by molar-refractivity contribution is 5.72. The lowest BCUT2D eigenvalue weighted by Gasteiger charge is -2.27. The first-order chi connectivity index (χ1) is 12.5. The van der Waals surface area contributed by atoms with E-state index < -0.39 is 17.2 Å². The molecule has 0 bridgehead atoms. The zero-order valence-corrected chi connectivity index (χ0v) is 14.4. The number of aromatic nitrogens is 4. The highest BCUT2D eigenvalue weighted by Gasteiger charge is 2.35. The van der Waals surface area contributed by atoms with Crippen molar-refractivity contribution in [3.63, 3.8) is 0 Å². The summed E-state index contributed by atoms with van der Waals surface area (Å²) in [6.45, 7) is 1.87. The Labute approximate surface area is 147 Å². The topological polar surface area (TPSA) is 125 Å². The van der Waals surface area contributed by atoms with Crippen molar-refractivity contribution in [2.45, 2.75) is 12.8 Å². The van der Waals surface area contributed by atoms with Gasteiger partial charge in [0.2, 0.25) is 0 Å². The van der Waals surface area contributed by atoms with Crippen molar-refractivity contribution in [1.82, 2.24) is 20.2 Å². The van der Waals surface area contributed by atoms with E-state index >= 15 is 0 Å². The normalized spacial score (nSPS) is 15.0. The largest absolute Gasteiger partial charge is 0.497 e. The number of ether oxygens (including phenoxy) is 2. The molecule has 0 amide bonds. The lowest BCUT2D eigenvalue weighted by Crippen LogP contribution is -2.32. The molecule has 9 nitrogen and oxygen atoms in total. The minimum atomic E-state index is -0.590. The number of methoxy groups -OCH3 is 2. The molecule has 0 aliphatic carbocycles. The summed E-state index contributed by atoms with van der Waals surface area (Å²) in [5.74, 6) is 1.59. The van der Waals surface area contributed by atoms with Crippen LogP contribution in [0.15, 0.2) is 27.8 Å². The van der Waals surface area contributed by atoms with Crippen LogP contribution in [0.25, 0.3) is 0 Å². The van der Waals surface area contributed by atoms with E-state index in [1.54, 1.807) is 26.4 Å². The third-order valence-corrected chi connectivity index (χ3v) is 4.54. The lowest BCUT2D eigenvalue weighted by atomic mass is 9.83. The van der Waals surface area contributed by atoms with Crippen molar-refractivity contribution in [2.75, 3.05) is 19.5 Å². The van der Waals surface area contributed by atoms with Crippen LogP contribution < -0.4 is 26.0 Å². The molecule has 0 unspecified atom stereocenters. The Hall–Kier alpha value is -3.49. The number of hydrogen-bond donors (Lipinski definition) is 4. The quantitative estimate of drug-likeness (QED) is 0.440. The van der Waals surface area contributed by atoms with Gasteiger partial charge in [0.25, 0.3) is 5.56 Å². The van der Waals surface area contributed by atoms with E-state index in [0.29, 0.717) is 28.7 Å². The molecule has 1 atom stereocenters. The third kappa shape index (κ3) is 2.28. The third-order valence-electron chi connectivity index (χ3n) is 4.54. The fraction of sp³-hybridized carbons (Fsp3) is 0.235. The van der Waals surface area contributed by atoms with Gasteiger partial charge in [-0.2, -0.15) is 5.10 Å². The van der Waals surface area contributed by atoms with Crippen LogP contribution in [0.5, 0.6) is 11.5 Å². The number of aromatic amines is 3. The van der Waals surface area contributed by atoms with Gasteiger partial charge in [-0.1, -0.05) is 0 Å². The van der Waals surface area contributed by atoms with Crippen molar-refractivity contribution in [3.8, 4) is 11.5 Å². The monoisotopic (exact) mass is 355 g/mol. The summed E-state index contributed by atoms with van der Waals surface area (Å²) in [5.41, 5.74) is 1.66. The van der Waals surface area contributed by atoms with Crippen molar-refractivity contribution >= 4 is 11.6 Å². The van der Waals surface area contributed by atoms with Crippen LogP contribution in [0.4, 0.5) is 11.6 Å². The van der Waals surface area contributed by atoms with E-state index in [0.717, 1.165) is 16.8 Å². The Morgan fingerprint density at radius 1 is 1.08 bits per heavy atom. The first-order valence-electron chi connectivity index (χ1n) is 7.93. The number of nitrogens with zero attached hydrogens (tertiary/aromatic N) is 1. The summed E-state index contributed by atoms with van der Waals surface area (Å²) in [5, 5.41) is 10.2. The number of fused-ring (bicyclic) bond motifs is 2. The number of rotatable bonds is 3. The Bertz CT molecular complexity index is 1110. The molecule has 0 spiro atoms. The molecule has 0 fully saturated rings. The van der Waals surface area contributed by atoms with Gasteiger partial charge in [-0.3, -0.25) is 19.9 Å². The first-order valence-corrected chi connectivity index (χ1v) is 7.93. The molecule has 3 heterocycles. The second kappa shape index (κ2) is 5.80. The highest BCUT2D eigenvalue weighted by atomic mass is 16.5. The molecule has 0 saturated heterocycles. The molecule has 9 heteroatoms. The van der Waals surface area contributed by atoms with E-state index in [1.165, 1.54) is 0 Å². The summed E-state index contributed by atoms with van der Waals surface area (Å²) < 4.78 is 10.9. The molecule has 1 aliphatic heterocycles. The Morgan fingerprint density at radius 2 is 1.88 bits per heavy atom. The number of hydrogen-bond acceptors (Lipinski definition) is 6. The second-order valence-corrected chi connectivity index (χ2v) is 5.97. The molecule has 4 rings (SSSR count). The van der Waals surface area contributed by atoms with Crippen LogP contribution in [0, 0.1) is 6.92 Å². The molecule has 0 saturated carbocycles. The van der Waals surface area contributed by atoms with E-state index in [-0.39, 0.29) is 0 Å². The minimum Gasteiger partial charge on any atom is -0.497 e. The summed E-state index contributed by atoms with van der Waals surface area (Å²) in [4.78, 5) is 29.3. The molecule has 4 N–H and O–H groups in total. The smallest absolute Gasteiger partial charge is 0.327 e. The minimum absolute atomic E-state index is 0.313. The average molecular weight is 355 g/mol. The van der Waals surface area contributed by atoms with E-state index in [4.69, 9.17) is 9.47 Å². The number of benzene rings is 1. The van der Waals surface area contributed by atoms with Crippen LogP contribution in [-0.2, 0) is 0 Å². The summed E-state index contributed by atoms with van der Waals surface area (Å²) in [6.07, 6.45) is 0. The van der Waals surface area contributed by atoms with Gasteiger partial charge in [-0.15, -0.1) is 0 Å². The summed E-state index contributed by atoms with van der Waals surface area (Å²) in [6, 6.07) is 5.38. The summed E-state index contributed by atoms with van der Waals surface area (Å²) in [7, 11) is 3.13. The molecular weight excluding hydrogens is 338 g/mol.